The lowest BCUT2D eigenvalue weighted by atomic mass is 10.0. The number of likely N-dealkylation sites (tertiary alicyclic amines) is 1. The van der Waals surface area contributed by atoms with Crippen molar-refractivity contribution in [2.24, 2.45) is 0 Å². The van der Waals surface area contributed by atoms with E-state index in [0.29, 0.717) is 33.6 Å². The molecule has 3 N–H and O–H groups in total. The predicted molar refractivity (Wildman–Crippen MR) is 164 cm³/mol. The highest BCUT2D eigenvalue weighted by atomic mass is 19.4. The first-order valence-electron chi connectivity index (χ1n) is 14.4. The number of halogens is 4. The normalized spacial score (nSPS) is 16.9. The van der Waals surface area contributed by atoms with Gasteiger partial charge in [-0.25, -0.2) is 9.18 Å². The minimum Gasteiger partial charge on any atom is -0.495 e. The van der Waals surface area contributed by atoms with E-state index in [1.807, 2.05) is 0 Å². The highest BCUT2D eigenvalue weighted by Gasteiger charge is 2.34. The molecule has 2 amide bonds. The Bertz CT molecular complexity index is 1600. The molecule has 1 saturated heterocycles. The largest absolute Gasteiger partial charge is 0.495 e. The van der Waals surface area contributed by atoms with E-state index in [9.17, 15) is 22.8 Å². The molecule has 4 rings (SSSR count). The number of alkyl halides is 4. The molecule has 0 unspecified atom stereocenters. The minimum absolute atomic E-state index is 0.0775. The number of fused-ring (bicyclic) bond motifs is 1. The van der Waals surface area contributed by atoms with Crippen molar-refractivity contribution in [3.05, 3.63) is 53.7 Å². The van der Waals surface area contributed by atoms with Gasteiger partial charge in [-0.15, -0.1) is 0 Å². The van der Waals surface area contributed by atoms with Crippen LogP contribution in [0, 0.1) is 11.8 Å². The number of hydrogen-bond acceptors (Lipinski definition) is 6. The van der Waals surface area contributed by atoms with Crippen molar-refractivity contribution in [1.82, 2.24) is 14.8 Å². The smallest absolute Gasteiger partial charge is 0.410 e. The second-order valence-corrected chi connectivity index (χ2v) is 11.6. The fourth-order valence-corrected chi connectivity index (χ4v) is 5.02. The van der Waals surface area contributed by atoms with E-state index in [0.717, 1.165) is 4.57 Å². The molecule has 1 fully saturated rings. The molecule has 0 aliphatic carbocycles. The highest BCUT2D eigenvalue weighted by molar-refractivity contribution is 5.95. The monoisotopic (exact) mass is 631 g/mol. The van der Waals surface area contributed by atoms with Crippen LogP contribution in [0.3, 0.4) is 0 Å². The van der Waals surface area contributed by atoms with E-state index in [1.165, 1.54) is 19.1 Å². The first kappa shape index (κ1) is 33.3. The Labute approximate surface area is 259 Å². The van der Waals surface area contributed by atoms with Crippen LogP contribution in [0.1, 0.15) is 43.2 Å². The average Bonchev–Trinajstić information content (AvgIpc) is 3.31. The molecule has 1 aromatic heterocycles. The maximum atomic E-state index is 15.2. The van der Waals surface area contributed by atoms with E-state index in [-0.39, 0.29) is 37.7 Å². The van der Waals surface area contributed by atoms with Crippen LogP contribution >= 0.6 is 0 Å². The number of carbonyl (C=O) groups is 2. The van der Waals surface area contributed by atoms with E-state index >= 15 is 4.39 Å². The number of rotatable bonds is 7. The number of nitrogens with zero attached hydrogens (tertiary/aromatic N) is 2. The Hall–Kier alpha value is -4.60. The number of anilines is 2. The molecule has 242 valence electrons. The molecule has 3 aromatic rings. The number of aromatic nitrogens is 1. The number of nitrogens with one attached hydrogen (secondary N) is 3. The zero-order valence-electron chi connectivity index (χ0n) is 25.8. The van der Waals surface area contributed by atoms with E-state index < -0.39 is 36.6 Å². The fraction of sp³-hybridized carbons (Fsp3) is 0.438. The van der Waals surface area contributed by atoms with Gasteiger partial charge in [-0.05, 0) is 69.5 Å². The molecule has 0 radical (unpaired) electrons. The van der Waals surface area contributed by atoms with Crippen molar-refractivity contribution in [2.45, 2.75) is 57.7 Å². The Morgan fingerprint density at radius 2 is 1.84 bits per heavy atom. The van der Waals surface area contributed by atoms with Gasteiger partial charge in [0.15, 0.2) is 0 Å². The summed E-state index contributed by atoms with van der Waals surface area (Å²) in [6, 6.07) is 10.6. The Morgan fingerprint density at radius 1 is 1.09 bits per heavy atom. The molecular weight excluding hydrogens is 594 g/mol. The van der Waals surface area contributed by atoms with Gasteiger partial charge < -0.3 is 34.9 Å². The highest BCUT2D eigenvalue weighted by Crippen LogP contribution is 2.32. The SMILES string of the molecule is CNC(=O)c1ccc(NCC#Cc2cc3c(N[C@H]4CCN(C(=O)OC(C)(C)C)C[C@H]4F)cccc3n2CC(F)(F)F)c(OC)c1. The van der Waals surface area contributed by atoms with Crippen molar-refractivity contribution in [3.8, 4) is 17.6 Å². The van der Waals surface area contributed by atoms with Crippen LogP contribution < -0.4 is 20.7 Å². The summed E-state index contributed by atoms with van der Waals surface area (Å²) in [4.78, 5) is 25.6. The summed E-state index contributed by atoms with van der Waals surface area (Å²) in [6.07, 6.45) is -6.24. The molecule has 0 bridgehead atoms. The number of hydrogen-bond donors (Lipinski definition) is 3. The summed E-state index contributed by atoms with van der Waals surface area (Å²) >= 11 is 0. The lowest BCUT2D eigenvalue weighted by molar-refractivity contribution is -0.140. The quantitative estimate of drug-likeness (QED) is 0.226. The minimum atomic E-state index is -4.51. The molecule has 0 saturated carbocycles. The second kappa shape index (κ2) is 13.6. The molecule has 0 spiro atoms. The van der Waals surface area contributed by atoms with Crippen LogP contribution in [-0.4, -0.2) is 79.3 Å². The van der Waals surface area contributed by atoms with E-state index in [2.05, 4.69) is 27.8 Å². The van der Waals surface area contributed by atoms with Crippen LogP contribution in [0.5, 0.6) is 5.75 Å². The van der Waals surface area contributed by atoms with Gasteiger partial charge >= 0.3 is 12.3 Å². The molecular formula is C32H37F4N5O4. The van der Waals surface area contributed by atoms with Crippen LogP contribution in [0.2, 0.25) is 0 Å². The van der Waals surface area contributed by atoms with Crippen molar-refractivity contribution in [3.63, 3.8) is 0 Å². The van der Waals surface area contributed by atoms with E-state index in [4.69, 9.17) is 9.47 Å². The van der Waals surface area contributed by atoms with Gasteiger partial charge in [0.1, 0.15) is 24.1 Å². The summed E-state index contributed by atoms with van der Waals surface area (Å²) in [5, 5.41) is 9.21. The van der Waals surface area contributed by atoms with Crippen LogP contribution in [0.25, 0.3) is 10.9 Å². The lowest BCUT2D eigenvalue weighted by Gasteiger charge is -2.36. The van der Waals surface area contributed by atoms with Gasteiger partial charge in [-0.3, -0.25) is 4.79 Å². The Balaban J connectivity index is 1.54. The fourth-order valence-electron chi connectivity index (χ4n) is 5.02. The maximum absolute atomic E-state index is 15.2. The second-order valence-electron chi connectivity index (χ2n) is 11.6. The van der Waals surface area contributed by atoms with Gasteiger partial charge in [0.05, 0.1) is 43.1 Å². The van der Waals surface area contributed by atoms with Gasteiger partial charge in [0.2, 0.25) is 0 Å². The van der Waals surface area contributed by atoms with Crippen molar-refractivity contribution in [2.75, 3.05) is 44.4 Å². The zero-order valence-corrected chi connectivity index (χ0v) is 25.8. The molecule has 1 aliphatic heterocycles. The molecule has 2 atom stereocenters. The topological polar surface area (TPSA) is 96.9 Å². The maximum Gasteiger partial charge on any atom is 0.410 e. The first-order valence-corrected chi connectivity index (χ1v) is 14.4. The van der Waals surface area contributed by atoms with Crippen molar-refractivity contribution in [1.29, 1.82) is 0 Å². The lowest BCUT2D eigenvalue weighted by Crippen LogP contribution is -2.51. The third-order valence-corrected chi connectivity index (χ3v) is 7.09. The third kappa shape index (κ3) is 8.53. The molecule has 45 heavy (non-hydrogen) atoms. The average molecular weight is 632 g/mol. The molecule has 1 aliphatic rings. The van der Waals surface area contributed by atoms with Crippen LogP contribution in [0.4, 0.5) is 33.7 Å². The Kier molecular flexibility index (Phi) is 10.1. The van der Waals surface area contributed by atoms with E-state index in [1.54, 1.807) is 63.2 Å². The standard InChI is InChI=1S/C32H37F4N5O4/c1-31(2,3)45-30(43)40-15-13-25(23(33)18-40)39-24-9-6-10-27-22(24)17-21(41(27)19-32(34,35)36)8-7-14-38-26-12-11-20(29(42)37-4)16-28(26)44-5/h6,9-12,16-17,23,25,38-39H,13-15,18-19H2,1-5H3,(H,37,42)/t23-,25+/m1/s1. The molecule has 2 heterocycles. The molecule has 2 aromatic carbocycles. The Morgan fingerprint density at radius 3 is 2.49 bits per heavy atom. The van der Waals surface area contributed by atoms with Crippen molar-refractivity contribution < 1.29 is 36.6 Å². The number of ether oxygens (including phenoxy) is 2. The number of methoxy groups -OCH3 is 1. The van der Waals surface area contributed by atoms with Crippen LogP contribution in [0.15, 0.2) is 42.5 Å². The summed E-state index contributed by atoms with van der Waals surface area (Å²) in [6.45, 7) is 4.12. The summed E-state index contributed by atoms with van der Waals surface area (Å²) < 4.78 is 67.9. The first-order chi connectivity index (χ1) is 21.2. The van der Waals surface area contributed by atoms with Gasteiger partial charge in [-0.2, -0.15) is 13.2 Å². The van der Waals surface area contributed by atoms with Crippen molar-refractivity contribution >= 4 is 34.3 Å². The summed E-state index contributed by atoms with van der Waals surface area (Å²) in [5.74, 6) is 5.82. The summed E-state index contributed by atoms with van der Waals surface area (Å²) in [7, 11) is 2.97. The van der Waals surface area contributed by atoms with Gasteiger partial charge in [-0.1, -0.05) is 12.0 Å². The molecule has 9 nitrogen and oxygen atoms in total. The third-order valence-electron chi connectivity index (χ3n) is 7.09. The van der Waals surface area contributed by atoms with Crippen LogP contribution in [-0.2, 0) is 11.3 Å². The number of piperidine rings is 1. The molecule has 13 heteroatoms. The van der Waals surface area contributed by atoms with Gasteiger partial charge in [0, 0.05) is 30.2 Å². The predicted octanol–water partition coefficient (Wildman–Crippen LogP) is 5.79. The zero-order chi connectivity index (χ0) is 32.9. The number of carbonyl (C=O) groups excluding carboxylic acids is 2. The van der Waals surface area contributed by atoms with Gasteiger partial charge in [0.25, 0.3) is 5.91 Å². The number of amides is 2. The summed E-state index contributed by atoms with van der Waals surface area (Å²) in [5.41, 5.74) is 1.15. The number of benzene rings is 2.